The van der Waals surface area contributed by atoms with Gasteiger partial charge in [-0.1, -0.05) is 17.7 Å². The molecule has 1 aliphatic carbocycles. The summed E-state index contributed by atoms with van der Waals surface area (Å²) in [6.45, 7) is 2.60. The Morgan fingerprint density at radius 3 is 2.91 bits per heavy atom. The summed E-state index contributed by atoms with van der Waals surface area (Å²) in [6, 6.07) is 5.40. The van der Waals surface area contributed by atoms with Crippen LogP contribution in [0.2, 0.25) is 5.02 Å². The predicted octanol–water partition coefficient (Wildman–Crippen LogP) is 2.13. The molecule has 1 aromatic rings. The molecule has 1 saturated heterocycles. The number of halogens is 1. The highest BCUT2D eigenvalue weighted by Crippen LogP contribution is 2.47. The van der Waals surface area contributed by atoms with Crippen LogP contribution in [0, 0.1) is 18.8 Å². The highest BCUT2D eigenvalue weighted by Gasteiger charge is 2.56. The van der Waals surface area contributed by atoms with E-state index in [0.717, 1.165) is 25.0 Å². The zero-order chi connectivity index (χ0) is 15.7. The lowest BCUT2D eigenvalue weighted by atomic mass is 10.2. The number of fused-ring (bicyclic) bond motifs is 1. The normalized spacial score (nSPS) is 26.0. The Bertz CT molecular complexity index is 593. The molecule has 2 fully saturated rings. The maximum absolute atomic E-state index is 12.0. The third kappa shape index (κ3) is 3.25. The van der Waals surface area contributed by atoms with Crippen molar-refractivity contribution in [3.05, 3.63) is 28.8 Å². The number of nitrogens with one attached hydrogen (secondary N) is 2. The Morgan fingerprint density at radius 1 is 1.41 bits per heavy atom. The van der Waals surface area contributed by atoms with Crippen molar-refractivity contribution in [1.29, 1.82) is 0 Å². The van der Waals surface area contributed by atoms with Crippen LogP contribution in [0.25, 0.3) is 0 Å². The predicted molar refractivity (Wildman–Crippen MR) is 83.8 cm³/mol. The smallest absolute Gasteiger partial charge is 0.243 e. The number of anilines is 1. The summed E-state index contributed by atoms with van der Waals surface area (Å²) >= 11 is 6.06. The number of hydrogen-bond donors (Lipinski definition) is 2. The van der Waals surface area contributed by atoms with Crippen LogP contribution in [0.3, 0.4) is 0 Å². The maximum Gasteiger partial charge on any atom is 0.243 e. The van der Waals surface area contributed by atoms with Gasteiger partial charge in [-0.05, 0) is 37.5 Å². The van der Waals surface area contributed by atoms with Crippen LogP contribution >= 0.6 is 11.6 Å². The molecular formula is C16H19ClN2O3. The Labute approximate surface area is 134 Å². The number of amides is 2. The number of aryl methyl sites for hydroxylation is 1. The van der Waals surface area contributed by atoms with Gasteiger partial charge in [-0.2, -0.15) is 0 Å². The third-order valence-corrected chi connectivity index (χ3v) is 4.53. The summed E-state index contributed by atoms with van der Waals surface area (Å²) in [6.07, 6.45) is 2.11. The molecule has 5 nitrogen and oxygen atoms in total. The van der Waals surface area contributed by atoms with Crippen molar-refractivity contribution in [3.63, 3.8) is 0 Å². The summed E-state index contributed by atoms with van der Waals surface area (Å²) in [7, 11) is 0. The molecule has 118 valence electrons. The van der Waals surface area contributed by atoms with E-state index in [1.54, 1.807) is 12.1 Å². The Kier molecular flexibility index (Phi) is 4.36. The average Bonchev–Trinajstić information content (AvgIpc) is 3.22. The molecule has 1 saturated carbocycles. The van der Waals surface area contributed by atoms with Gasteiger partial charge in [-0.15, -0.1) is 0 Å². The van der Waals surface area contributed by atoms with Crippen molar-refractivity contribution in [1.82, 2.24) is 5.32 Å². The highest BCUT2D eigenvalue weighted by molar-refractivity contribution is 6.33. The van der Waals surface area contributed by atoms with Crippen molar-refractivity contribution in [2.45, 2.75) is 25.9 Å². The van der Waals surface area contributed by atoms with Crippen molar-refractivity contribution in [2.24, 2.45) is 11.8 Å². The van der Waals surface area contributed by atoms with E-state index in [1.165, 1.54) is 0 Å². The van der Waals surface area contributed by atoms with E-state index in [-0.39, 0.29) is 30.4 Å². The molecule has 2 aliphatic rings. The van der Waals surface area contributed by atoms with Gasteiger partial charge >= 0.3 is 0 Å². The van der Waals surface area contributed by atoms with Crippen LogP contribution in [0.1, 0.15) is 18.4 Å². The SMILES string of the molecule is Cc1ccc(NC(=O)CNC(=O)[C@@H]2[C@H]3CCCO[C@H]32)c(Cl)c1. The molecule has 1 aliphatic heterocycles. The first-order valence-electron chi connectivity index (χ1n) is 7.51. The van der Waals surface area contributed by atoms with Gasteiger partial charge in [0.1, 0.15) is 0 Å². The Balaban J connectivity index is 1.47. The van der Waals surface area contributed by atoms with Crippen molar-refractivity contribution < 1.29 is 14.3 Å². The monoisotopic (exact) mass is 322 g/mol. The topological polar surface area (TPSA) is 67.4 Å². The second kappa shape index (κ2) is 6.26. The summed E-state index contributed by atoms with van der Waals surface area (Å²) < 4.78 is 5.54. The minimum atomic E-state index is -0.288. The summed E-state index contributed by atoms with van der Waals surface area (Å²) in [5, 5.41) is 5.86. The van der Waals surface area contributed by atoms with Gasteiger partial charge in [0, 0.05) is 12.5 Å². The Morgan fingerprint density at radius 2 is 2.23 bits per heavy atom. The molecule has 0 aromatic heterocycles. The van der Waals surface area contributed by atoms with E-state index >= 15 is 0 Å². The lowest BCUT2D eigenvalue weighted by Gasteiger charge is -2.09. The average molecular weight is 323 g/mol. The van der Waals surface area contributed by atoms with Crippen molar-refractivity contribution in [3.8, 4) is 0 Å². The molecule has 1 aromatic carbocycles. The summed E-state index contributed by atoms with van der Waals surface area (Å²) in [4.78, 5) is 23.9. The fourth-order valence-corrected chi connectivity index (χ4v) is 3.28. The van der Waals surface area contributed by atoms with Gasteiger partial charge in [0.15, 0.2) is 0 Å². The van der Waals surface area contributed by atoms with Gasteiger partial charge in [-0.25, -0.2) is 0 Å². The first-order chi connectivity index (χ1) is 10.6. The van der Waals surface area contributed by atoms with Gasteiger partial charge in [-0.3, -0.25) is 9.59 Å². The van der Waals surface area contributed by atoms with Crippen LogP contribution in [-0.2, 0) is 14.3 Å². The lowest BCUT2D eigenvalue weighted by Crippen LogP contribution is -2.34. The minimum absolute atomic E-state index is 0.0566. The number of carbonyl (C=O) groups is 2. The van der Waals surface area contributed by atoms with E-state index in [9.17, 15) is 9.59 Å². The number of rotatable bonds is 4. The van der Waals surface area contributed by atoms with E-state index in [4.69, 9.17) is 16.3 Å². The first-order valence-corrected chi connectivity index (χ1v) is 7.89. The summed E-state index contributed by atoms with van der Waals surface area (Å²) in [5.41, 5.74) is 1.57. The number of hydrogen-bond acceptors (Lipinski definition) is 3. The number of carbonyl (C=O) groups excluding carboxylic acids is 2. The van der Waals surface area contributed by atoms with E-state index in [1.807, 2.05) is 13.0 Å². The van der Waals surface area contributed by atoms with Gasteiger partial charge < -0.3 is 15.4 Å². The van der Waals surface area contributed by atoms with E-state index in [2.05, 4.69) is 10.6 Å². The fraction of sp³-hybridized carbons (Fsp3) is 0.500. The van der Waals surface area contributed by atoms with Crippen LogP contribution in [0.15, 0.2) is 18.2 Å². The van der Waals surface area contributed by atoms with E-state index < -0.39 is 0 Å². The highest BCUT2D eigenvalue weighted by atomic mass is 35.5. The maximum atomic E-state index is 12.0. The molecule has 3 rings (SSSR count). The van der Waals surface area contributed by atoms with Crippen LogP contribution in [0.5, 0.6) is 0 Å². The standard InChI is InChI=1S/C16H19ClN2O3/c1-9-4-5-12(11(17)7-9)19-13(20)8-18-16(21)14-10-3-2-6-22-15(10)14/h4-5,7,10,14-15H,2-3,6,8H2,1H3,(H,18,21)(H,19,20)/t10-,14-,15-/m1/s1. The second-order valence-corrected chi connectivity index (χ2v) is 6.32. The molecule has 0 bridgehead atoms. The fourth-order valence-electron chi connectivity index (χ4n) is 3.00. The molecule has 0 spiro atoms. The zero-order valence-corrected chi connectivity index (χ0v) is 13.2. The largest absolute Gasteiger partial charge is 0.377 e. The van der Waals surface area contributed by atoms with E-state index in [0.29, 0.717) is 16.6 Å². The zero-order valence-electron chi connectivity index (χ0n) is 12.4. The number of ether oxygens (including phenoxy) is 1. The second-order valence-electron chi connectivity index (χ2n) is 5.92. The molecule has 0 radical (unpaired) electrons. The molecule has 2 N–H and O–H groups in total. The lowest BCUT2D eigenvalue weighted by molar-refractivity contribution is -0.125. The van der Waals surface area contributed by atoms with Gasteiger partial charge in [0.05, 0.1) is 29.3 Å². The number of benzene rings is 1. The molecule has 1 heterocycles. The molecule has 2 amide bonds. The van der Waals surface area contributed by atoms with Crippen LogP contribution in [-0.4, -0.2) is 31.1 Å². The molecular weight excluding hydrogens is 304 g/mol. The van der Waals surface area contributed by atoms with Crippen molar-refractivity contribution in [2.75, 3.05) is 18.5 Å². The van der Waals surface area contributed by atoms with Crippen LogP contribution in [0.4, 0.5) is 5.69 Å². The third-order valence-electron chi connectivity index (χ3n) is 4.21. The summed E-state index contributed by atoms with van der Waals surface area (Å²) in [5.74, 6) is -0.132. The molecule has 0 unspecified atom stereocenters. The van der Waals surface area contributed by atoms with Gasteiger partial charge in [0.25, 0.3) is 0 Å². The van der Waals surface area contributed by atoms with Gasteiger partial charge in [0.2, 0.25) is 11.8 Å². The molecule has 22 heavy (non-hydrogen) atoms. The van der Waals surface area contributed by atoms with Crippen molar-refractivity contribution >= 4 is 29.1 Å². The quantitative estimate of drug-likeness (QED) is 0.892. The Hall–Kier alpha value is -1.59. The first kappa shape index (κ1) is 15.3. The molecule has 6 heteroatoms. The minimum Gasteiger partial charge on any atom is -0.377 e. The molecule has 3 atom stereocenters. The van der Waals surface area contributed by atoms with Crippen LogP contribution < -0.4 is 10.6 Å².